The van der Waals surface area contributed by atoms with Gasteiger partial charge < -0.3 is 15.3 Å². The third kappa shape index (κ3) is 36.7. The molecule has 0 heterocycles. The molecule has 0 spiro atoms. The number of rotatable bonds is 2. The van der Waals surface area contributed by atoms with Crippen molar-refractivity contribution >= 4 is 135 Å². The first-order valence-electron chi connectivity index (χ1n) is 1.26. The average Bonchev–Trinajstić information content (AvgIpc) is 1.27. The van der Waals surface area contributed by atoms with Crippen molar-refractivity contribution in [3.63, 3.8) is 0 Å². The van der Waals surface area contributed by atoms with E-state index in [2.05, 4.69) is 4.31 Å². The first-order chi connectivity index (χ1) is 3.13. The average molecular weight is 260 g/mol. The molecule has 0 aliphatic rings. The quantitative estimate of drug-likeness (QED) is 0.392. The van der Waals surface area contributed by atoms with Crippen LogP contribution in [0.15, 0.2) is 0 Å². The van der Waals surface area contributed by atoms with Gasteiger partial charge in [-0.15, -0.1) is 0 Å². The molecule has 0 saturated heterocycles. The Morgan fingerprint density at radius 3 is 1.00 bits per heavy atom. The van der Waals surface area contributed by atoms with E-state index < -0.39 is 16.5 Å². The van der Waals surface area contributed by atoms with E-state index in [0.717, 1.165) is 0 Å². The van der Waals surface area contributed by atoms with Gasteiger partial charge in [-0.3, -0.25) is 9.13 Å². The van der Waals surface area contributed by atoms with Crippen LogP contribution in [0.3, 0.4) is 0 Å². The summed E-state index contributed by atoms with van der Waals surface area (Å²) in [6.07, 6.45) is 0. The van der Waals surface area contributed by atoms with Crippen LogP contribution in [0.4, 0.5) is 0 Å². The van der Waals surface area contributed by atoms with Crippen molar-refractivity contribution in [2.75, 3.05) is 0 Å². The Bertz CT molecular complexity index is 93.7. The summed E-state index contributed by atoms with van der Waals surface area (Å²) in [6.45, 7) is 0. The van der Waals surface area contributed by atoms with Gasteiger partial charge in [0.15, 0.2) is 0 Å². The summed E-state index contributed by atoms with van der Waals surface area (Å²) < 4.78 is 22.3. The van der Waals surface area contributed by atoms with Gasteiger partial charge in [0.05, 0.1) is 0 Å². The molecule has 0 amide bonds. The first-order valence-corrected chi connectivity index (χ1v) is 3.79. The van der Waals surface area contributed by atoms with Crippen LogP contribution in [0.2, 0.25) is 0 Å². The van der Waals surface area contributed by atoms with Gasteiger partial charge in [0.1, 0.15) is 0 Å². The molecule has 12 heavy (non-hydrogen) atoms. The Hall–Kier alpha value is 4.30. The van der Waals surface area contributed by atoms with E-state index in [4.69, 9.17) is 9.79 Å². The standard InChI is InChI=1S/4Na.H4O5P2.H2O.4H/c;;;;1-6(2)5-7(3)4;;;;;/h;;;;6-7H,(H,1,2)(H,3,4);1H2;;;;. The van der Waals surface area contributed by atoms with Crippen LogP contribution in [0.5, 0.6) is 0 Å². The molecule has 0 aromatic rings. The van der Waals surface area contributed by atoms with Crippen LogP contribution in [-0.4, -0.2) is 133 Å². The van der Waals surface area contributed by atoms with Crippen LogP contribution in [0.1, 0.15) is 0 Å². The van der Waals surface area contributed by atoms with Crippen molar-refractivity contribution in [1.82, 2.24) is 0 Å². The Labute approximate surface area is 160 Å². The van der Waals surface area contributed by atoms with Crippen molar-refractivity contribution in [3.8, 4) is 0 Å². The molecule has 2 unspecified atom stereocenters. The monoisotopic (exact) mass is 260 g/mol. The molecule has 0 radical (unpaired) electrons. The molecule has 12 heteroatoms. The van der Waals surface area contributed by atoms with Gasteiger partial charge in [0.25, 0.3) is 0 Å². The molecule has 60 valence electrons. The molecule has 4 N–H and O–H groups in total. The molecular formula is H10Na4O6P2. The first kappa shape index (κ1) is 36.0. The van der Waals surface area contributed by atoms with E-state index in [0.29, 0.717) is 0 Å². The number of hydrogen-bond acceptors (Lipinski definition) is 3. The normalized spacial score (nSPS) is 10.8. The molecule has 2 atom stereocenters. The van der Waals surface area contributed by atoms with E-state index in [-0.39, 0.29) is 124 Å². The van der Waals surface area contributed by atoms with E-state index >= 15 is 0 Å². The maximum atomic E-state index is 9.44. The summed E-state index contributed by atoms with van der Waals surface area (Å²) in [5.41, 5.74) is 0. The summed E-state index contributed by atoms with van der Waals surface area (Å²) in [4.78, 5) is 15.4. The zero-order chi connectivity index (χ0) is 5.86. The zero-order valence-corrected chi connectivity index (χ0v) is 5.62. The Kier molecular flexibility index (Phi) is 73.4. The SMILES string of the molecule is O.O=[PH](O)O[PH](=O)O.[NaH].[NaH].[NaH].[NaH]. The summed E-state index contributed by atoms with van der Waals surface area (Å²) in [5, 5.41) is 0. The van der Waals surface area contributed by atoms with Gasteiger partial charge in [-0.1, -0.05) is 0 Å². The molecule has 0 aliphatic carbocycles. The molecular weight excluding hydrogens is 250 g/mol. The second kappa shape index (κ2) is 24.5. The van der Waals surface area contributed by atoms with Crippen molar-refractivity contribution in [2.24, 2.45) is 0 Å². The topological polar surface area (TPSA) is 115 Å². The molecule has 0 aromatic carbocycles. The second-order valence-electron chi connectivity index (χ2n) is 0.634. The summed E-state index contributed by atoms with van der Waals surface area (Å²) >= 11 is 0. The Balaban J connectivity index is -0.0000000180. The van der Waals surface area contributed by atoms with E-state index in [1.165, 1.54) is 0 Å². The fraction of sp³-hybridized carbons (Fsp3) is 0. The summed E-state index contributed by atoms with van der Waals surface area (Å²) in [6, 6.07) is 0. The molecule has 0 saturated carbocycles. The van der Waals surface area contributed by atoms with Crippen LogP contribution >= 0.6 is 16.5 Å². The van der Waals surface area contributed by atoms with Gasteiger partial charge in [0.2, 0.25) is 0 Å². The van der Waals surface area contributed by atoms with Crippen LogP contribution < -0.4 is 0 Å². The summed E-state index contributed by atoms with van der Waals surface area (Å²) in [7, 11) is -6.40. The van der Waals surface area contributed by atoms with Gasteiger partial charge >= 0.3 is 135 Å². The molecule has 0 bridgehead atoms. The van der Waals surface area contributed by atoms with Crippen molar-refractivity contribution < 1.29 is 28.7 Å². The predicted molar refractivity (Wildman–Crippen MR) is 55.7 cm³/mol. The van der Waals surface area contributed by atoms with Gasteiger partial charge in [-0.2, -0.15) is 0 Å². The van der Waals surface area contributed by atoms with Crippen molar-refractivity contribution in [2.45, 2.75) is 0 Å². The van der Waals surface area contributed by atoms with Crippen LogP contribution in [-0.2, 0) is 13.4 Å². The van der Waals surface area contributed by atoms with Crippen molar-refractivity contribution in [1.29, 1.82) is 0 Å². The predicted octanol–water partition coefficient (Wildman–Crippen LogP) is -3.65. The second-order valence-corrected chi connectivity index (χ2v) is 2.51. The maximum absolute atomic E-state index is 9.44. The van der Waals surface area contributed by atoms with Gasteiger partial charge in [-0.25, -0.2) is 4.31 Å². The fourth-order valence-corrected chi connectivity index (χ4v) is 0.672. The fourth-order valence-electron chi connectivity index (χ4n) is 0.0747. The molecule has 0 fully saturated rings. The van der Waals surface area contributed by atoms with E-state index in [1.54, 1.807) is 0 Å². The minimum atomic E-state index is -3.20. The molecule has 6 nitrogen and oxygen atoms in total. The summed E-state index contributed by atoms with van der Waals surface area (Å²) in [5.74, 6) is 0. The van der Waals surface area contributed by atoms with Gasteiger partial charge in [-0.05, 0) is 0 Å². The third-order valence-electron chi connectivity index (χ3n) is 0.175. The van der Waals surface area contributed by atoms with Crippen LogP contribution in [0.25, 0.3) is 0 Å². The van der Waals surface area contributed by atoms with E-state index in [1.807, 2.05) is 0 Å². The third-order valence-corrected chi connectivity index (χ3v) is 1.57. The number of hydrogen-bond donors (Lipinski definition) is 2. The van der Waals surface area contributed by atoms with E-state index in [9.17, 15) is 9.13 Å². The Morgan fingerprint density at radius 1 is 0.833 bits per heavy atom. The minimum absolute atomic E-state index is 0. The molecule has 0 aromatic heterocycles. The van der Waals surface area contributed by atoms with Crippen LogP contribution in [0, 0.1) is 0 Å². The Morgan fingerprint density at radius 2 is 1.00 bits per heavy atom. The molecule has 0 rings (SSSR count). The van der Waals surface area contributed by atoms with Gasteiger partial charge in [0, 0.05) is 0 Å². The van der Waals surface area contributed by atoms with Crippen molar-refractivity contribution in [3.05, 3.63) is 0 Å². The zero-order valence-electron chi connectivity index (χ0n) is 3.62. The molecule has 0 aliphatic heterocycles.